The molecular weight excluding hydrogens is 246 g/mol. The number of nitrogens with zero attached hydrogens (tertiary/aromatic N) is 2. The fraction of sp³-hybridized carbons (Fsp3) is 0.556. The van der Waals surface area contributed by atoms with Crippen LogP contribution in [0.1, 0.15) is 31.3 Å². The maximum absolute atomic E-state index is 11.7. The molecule has 0 saturated heterocycles. The Morgan fingerprint density at radius 1 is 1.69 bits per heavy atom. The van der Waals surface area contributed by atoms with Crippen molar-refractivity contribution in [1.29, 1.82) is 5.26 Å². The molecule has 0 spiro atoms. The number of rotatable bonds is 5. The van der Waals surface area contributed by atoms with Crippen LogP contribution in [0.4, 0.5) is 0 Å². The minimum Gasteiger partial charge on any atom is -0.248 e. The molecule has 2 atom stereocenters. The number of hydrogen-bond acceptors (Lipinski definition) is 5. The van der Waals surface area contributed by atoms with E-state index >= 15 is 0 Å². The molecule has 16 heavy (non-hydrogen) atoms. The Balaban J connectivity index is 2.84. The van der Waals surface area contributed by atoms with Crippen molar-refractivity contribution in [3.63, 3.8) is 0 Å². The van der Waals surface area contributed by atoms with Crippen LogP contribution in [0.15, 0.2) is 11.6 Å². The number of nitrogens with one attached hydrogen (secondary N) is 1. The van der Waals surface area contributed by atoms with Gasteiger partial charge in [0.15, 0.2) is 5.25 Å². The average molecular weight is 259 g/mol. The third-order valence-electron chi connectivity index (χ3n) is 2.11. The predicted molar refractivity (Wildman–Crippen MR) is 62.3 cm³/mol. The lowest BCUT2D eigenvalue weighted by atomic mass is 10.3. The lowest BCUT2D eigenvalue weighted by Crippen LogP contribution is -2.34. The second-order valence-electron chi connectivity index (χ2n) is 3.27. The molecule has 0 saturated carbocycles. The van der Waals surface area contributed by atoms with E-state index in [-0.39, 0.29) is 6.04 Å². The molecule has 0 radical (unpaired) electrons. The van der Waals surface area contributed by atoms with Gasteiger partial charge in [-0.25, -0.2) is 18.1 Å². The van der Waals surface area contributed by atoms with Gasteiger partial charge in [0.1, 0.15) is 5.01 Å². The van der Waals surface area contributed by atoms with Crippen molar-refractivity contribution in [3.05, 3.63) is 16.6 Å². The van der Waals surface area contributed by atoms with Gasteiger partial charge in [0.05, 0.1) is 12.1 Å². The van der Waals surface area contributed by atoms with E-state index in [1.165, 1.54) is 18.3 Å². The highest BCUT2D eigenvalue weighted by Gasteiger charge is 2.25. The molecule has 0 aliphatic carbocycles. The van der Waals surface area contributed by atoms with Gasteiger partial charge in [-0.05, 0) is 13.3 Å². The monoisotopic (exact) mass is 259 g/mol. The van der Waals surface area contributed by atoms with Crippen molar-refractivity contribution >= 4 is 21.4 Å². The van der Waals surface area contributed by atoms with Crippen molar-refractivity contribution in [2.24, 2.45) is 0 Å². The molecule has 0 fully saturated rings. The number of sulfonamides is 1. The molecule has 5 nitrogen and oxygen atoms in total. The zero-order valence-electron chi connectivity index (χ0n) is 9.04. The van der Waals surface area contributed by atoms with E-state index < -0.39 is 15.3 Å². The first-order valence-corrected chi connectivity index (χ1v) is 7.24. The molecule has 0 aromatic carbocycles. The van der Waals surface area contributed by atoms with Crippen LogP contribution in [-0.2, 0) is 10.0 Å². The van der Waals surface area contributed by atoms with Gasteiger partial charge < -0.3 is 0 Å². The number of thiazole rings is 1. The second-order valence-corrected chi connectivity index (χ2v) is 6.22. The molecule has 0 bridgehead atoms. The largest absolute Gasteiger partial charge is 0.248 e. The van der Waals surface area contributed by atoms with E-state index in [0.29, 0.717) is 6.42 Å². The average Bonchev–Trinajstić information content (AvgIpc) is 2.78. The zero-order chi connectivity index (χ0) is 12.2. The van der Waals surface area contributed by atoms with Gasteiger partial charge in [0, 0.05) is 11.6 Å². The molecule has 1 rings (SSSR count). The van der Waals surface area contributed by atoms with Crippen LogP contribution >= 0.6 is 11.3 Å². The Kier molecular flexibility index (Phi) is 4.41. The van der Waals surface area contributed by atoms with Crippen LogP contribution in [0.5, 0.6) is 0 Å². The van der Waals surface area contributed by atoms with Gasteiger partial charge in [-0.1, -0.05) is 6.92 Å². The smallest absolute Gasteiger partial charge is 0.228 e. The van der Waals surface area contributed by atoms with Crippen LogP contribution in [0.3, 0.4) is 0 Å². The van der Waals surface area contributed by atoms with Crippen LogP contribution < -0.4 is 4.72 Å². The van der Waals surface area contributed by atoms with Gasteiger partial charge in [0.2, 0.25) is 10.0 Å². The summed E-state index contributed by atoms with van der Waals surface area (Å²) in [7, 11) is -3.59. The summed E-state index contributed by atoms with van der Waals surface area (Å²) in [6.07, 6.45) is 2.23. The van der Waals surface area contributed by atoms with Crippen LogP contribution in [0, 0.1) is 11.3 Å². The SMILES string of the molecule is CCC(NS(=O)(=O)C(C)C#N)c1nccs1. The summed E-state index contributed by atoms with van der Waals surface area (Å²) in [5.74, 6) is 0. The Bertz CT molecular complexity index is 461. The first kappa shape index (κ1) is 13.1. The second kappa shape index (κ2) is 5.39. The highest BCUT2D eigenvalue weighted by molar-refractivity contribution is 7.90. The lowest BCUT2D eigenvalue weighted by molar-refractivity contribution is 0.545. The molecule has 7 heteroatoms. The molecule has 1 aromatic heterocycles. The third kappa shape index (κ3) is 3.01. The molecule has 2 unspecified atom stereocenters. The van der Waals surface area contributed by atoms with Crippen LogP contribution in [0.25, 0.3) is 0 Å². The first-order valence-electron chi connectivity index (χ1n) is 4.81. The summed E-state index contributed by atoms with van der Waals surface area (Å²) in [6.45, 7) is 3.22. The molecule has 0 aliphatic rings. The first-order chi connectivity index (χ1) is 7.51. The highest BCUT2D eigenvalue weighted by Crippen LogP contribution is 2.20. The highest BCUT2D eigenvalue weighted by atomic mass is 32.2. The third-order valence-corrected chi connectivity index (χ3v) is 4.65. The van der Waals surface area contributed by atoms with Crippen molar-refractivity contribution in [2.45, 2.75) is 31.6 Å². The number of hydrogen-bond donors (Lipinski definition) is 1. The molecular formula is C9H13N3O2S2. The van der Waals surface area contributed by atoms with Gasteiger partial charge in [-0.3, -0.25) is 0 Å². The lowest BCUT2D eigenvalue weighted by Gasteiger charge is -2.15. The van der Waals surface area contributed by atoms with Gasteiger partial charge in [-0.2, -0.15) is 5.26 Å². The Labute approximate surface area is 99.2 Å². The number of aromatic nitrogens is 1. The number of nitriles is 1. The predicted octanol–water partition coefficient (Wildman–Crippen LogP) is 1.43. The summed E-state index contributed by atoms with van der Waals surface area (Å²) in [5, 5.41) is 10.1. The van der Waals surface area contributed by atoms with Crippen molar-refractivity contribution < 1.29 is 8.42 Å². The Hall–Kier alpha value is -0.970. The zero-order valence-corrected chi connectivity index (χ0v) is 10.7. The summed E-state index contributed by atoms with van der Waals surface area (Å²) in [4.78, 5) is 4.07. The van der Waals surface area contributed by atoms with E-state index in [0.717, 1.165) is 5.01 Å². The van der Waals surface area contributed by atoms with E-state index in [1.807, 2.05) is 6.92 Å². The van der Waals surface area contributed by atoms with Crippen molar-refractivity contribution in [2.75, 3.05) is 0 Å². The van der Waals surface area contributed by atoms with E-state index in [4.69, 9.17) is 5.26 Å². The van der Waals surface area contributed by atoms with E-state index in [9.17, 15) is 8.42 Å². The van der Waals surface area contributed by atoms with Crippen LogP contribution in [0.2, 0.25) is 0 Å². The van der Waals surface area contributed by atoms with Gasteiger partial charge >= 0.3 is 0 Å². The fourth-order valence-corrected chi connectivity index (χ4v) is 2.95. The molecule has 0 amide bonds. The minimum atomic E-state index is -3.59. The quantitative estimate of drug-likeness (QED) is 0.867. The Morgan fingerprint density at radius 2 is 2.38 bits per heavy atom. The fourth-order valence-electron chi connectivity index (χ4n) is 1.08. The minimum absolute atomic E-state index is 0.346. The molecule has 1 aromatic rings. The topological polar surface area (TPSA) is 82.9 Å². The summed E-state index contributed by atoms with van der Waals surface area (Å²) < 4.78 is 25.8. The van der Waals surface area contributed by atoms with Crippen molar-refractivity contribution in [1.82, 2.24) is 9.71 Å². The van der Waals surface area contributed by atoms with Gasteiger partial charge in [0.25, 0.3) is 0 Å². The van der Waals surface area contributed by atoms with Gasteiger partial charge in [-0.15, -0.1) is 11.3 Å². The standard InChI is InChI=1S/C9H13N3O2S2/c1-3-8(9-11-4-5-15-9)12-16(13,14)7(2)6-10/h4-5,7-8,12H,3H2,1-2H3. The summed E-state index contributed by atoms with van der Waals surface area (Å²) >= 11 is 1.39. The molecule has 1 heterocycles. The maximum atomic E-state index is 11.7. The van der Waals surface area contributed by atoms with E-state index in [1.54, 1.807) is 17.6 Å². The van der Waals surface area contributed by atoms with E-state index in [2.05, 4.69) is 9.71 Å². The molecule has 88 valence electrons. The summed E-state index contributed by atoms with van der Waals surface area (Å²) in [6, 6.07) is 1.37. The Morgan fingerprint density at radius 3 is 2.81 bits per heavy atom. The van der Waals surface area contributed by atoms with Crippen molar-refractivity contribution in [3.8, 4) is 6.07 Å². The summed E-state index contributed by atoms with van der Waals surface area (Å²) in [5.41, 5.74) is 0. The normalized spacial score (nSPS) is 15.3. The maximum Gasteiger partial charge on any atom is 0.228 e. The molecule has 1 N–H and O–H groups in total. The molecule has 0 aliphatic heterocycles. The van der Waals surface area contributed by atoms with Crippen LogP contribution in [-0.4, -0.2) is 18.7 Å².